The van der Waals surface area contributed by atoms with Crippen molar-refractivity contribution in [3.05, 3.63) is 33.8 Å². The van der Waals surface area contributed by atoms with E-state index in [4.69, 9.17) is 0 Å². The van der Waals surface area contributed by atoms with Gasteiger partial charge < -0.3 is 10.2 Å². The average Bonchev–Trinajstić information content (AvgIpc) is 2.83. The minimum Gasteiger partial charge on any atom is -0.338 e. The van der Waals surface area contributed by atoms with Crippen LogP contribution in [0.25, 0.3) is 0 Å². The summed E-state index contributed by atoms with van der Waals surface area (Å²) >= 11 is 3.47. The number of nitrogens with zero attached hydrogens (tertiary/aromatic N) is 1. The highest BCUT2D eigenvalue weighted by Crippen LogP contribution is 2.26. The molecule has 2 atom stereocenters. The first-order chi connectivity index (χ1) is 9.13. The molecule has 2 heterocycles. The molecule has 1 amide bonds. The molecule has 3 rings (SSSR count). The molecule has 1 aromatic carbocycles. The Morgan fingerprint density at radius 3 is 2.90 bits per heavy atom. The van der Waals surface area contributed by atoms with Crippen LogP contribution in [0.4, 0.5) is 0 Å². The predicted molar refractivity (Wildman–Crippen MR) is 86.5 cm³/mol. The number of piperidine rings is 1. The van der Waals surface area contributed by atoms with Crippen LogP contribution in [0.2, 0.25) is 0 Å². The quantitative estimate of drug-likeness (QED) is 0.836. The fraction of sp³-hybridized carbons (Fsp3) is 0.533. The number of amides is 1. The van der Waals surface area contributed by atoms with Crippen molar-refractivity contribution in [3.8, 4) is 0 Å². The maximum absolute atomic E-state index is 12.6. The third kappa shape index (κ3) is 3.18. The minimum atomic E-state index is 0. The van der Waals surface area contributed by atoms with E-state index in [2.05, 4.69) is 21.2 Å². The second kappa shape index (κ2) is 6.46. The molecule has 0 aliphatic carbocycles. The summed E-state index contributed by atoms with van der Waals surface area (Å²) in [6, 6.07) is 6.57. The summed E-state index contributed by atoms with van der Waals surface area (Å²) in [5.74, 6) is 0.820. The summed E-state index contributed by atoms with van der Waals surface area (Å²) < 4.78 is 0.980. The predicted octanol–water partition coefficient (Wildman–Crippen LogP) is 3.00. The molecule has 0 saturated carbocycles. The number of carbonyl (C=O) groups is 1. The normalized spacial score (nSPS) is 25.0. The van der Waals surface area contributed by atoms with E-state index in [0.29, 0.717) is 12.0 Å². The number of nitrogens with one attached hydrogen (secondary N) is 1. The highest BCUT2D eigenvalue weighted by Gasteiger charge is 2.34. The molecule has 0 radical (unpaired) electrons. The molecule has 2 saturated heterocycles. The number of benzene rings is 1. The van der Waals surface area contributed by atoms with Gasteiger partial charge in [0, 0.05) is 29.2 Å². The minimum absolute atomic E-state index is 0. The van der Waals surface area contributed by atoms with Crippen LogP contribution in [-0.4, -0.2) is 36.5 Å². The number of halogens is 2. The van der Waals surface area contributed by atoms with Gasteiger partial charge in [0.15, 0.2) is 0 Å². The molecule has 20 heavy (non-hydrogen) atoms. The number of rotatable bonds is 1. The summed E-state index contributed by atoms with van der Waals surface area (Å²) in [6.07, 6.45) is 2.29. The Morgan fingerprint density at radius 1 is 1.35 bits per heavy atom. The van der Waals surface area contributed by atoms with Gasteiger partial charge in [0.25, 0.3) is 5.91 Å². The van der Waals surface area contributed by atoms with Gasteiger partial charge in [-0.3, -0.25) is 4.79 Å². The molecule has 2 fully saturated rings. The zero-order valence-electron chi connectivity index (χ0n) is 11.6. The Hall–Kier alpha value is -0.580. The van der Waals surface area contributed by atoms with E-state index in [1.54, 1.807) is 0 Å². The van der Waals surface area contributed by atoms with Crippen molar-refractivity contribution in [3.63, 3.8) is 0 Å². The van der Waals surface area contributed by atoms with Gasteiger partial charge in [-0.1, -0.05) is 15.9 Å². The van der Waals surface area contributed by atoms with Gasteiger partial charge in [0.1, 0.15) is 0 Å². The summed E-state index contributed by atoms with van der Waals surface area (Å²) in [4.78, 5) is 14.6. The topological polar surface area (TPSA) is 32.3 Å². The molecule has 2 unspecified atom stereocenters. The highest BCUT2D eigenvalue weighted by atomic mass is 79.9. The van der Waals surface area contributed by atoms with Crippen molar-refractivity contribution >= 4 is 34.2 Å². The standard InChI is InChI=1S/C15H19BrN2O.ClH/c1-10-6-12(8-13(16)7-10)15(19)18-5-3-14-11(9-18)2-4-17-14;/h6-8,11,14,17H,2-5,9H2,1H3;1H. The van der Waals surface area contributed by atoms with E-state index in [9.17, 15) is 4.79 Å². The maximum atomic E-state index is 12.6. The lowest BCUT2D eigenvalue weighted by Crippen LogP contribution is -2.46. The third-order valence-corrected chi connectivity index (χ3v) is 4.69. The molecular formula is C15H20BrClN2O. The molecule has 3 nitrogen and oxygen atoms in total. The van der Waals surface area contributed by atoms with Gasteiger partial charge in [-0.25, -0.2) is 0 Å². The van der Waals surface area contributed by atoms with Crippen LogP contribution in [-0.2, 0) is 0 Å². The van der Waals surface area contributed by atoms with E-state index in [1.165, 1.54) is 6.42 Å². The SMILES string of the molecule is Cc1cc(Br)cc(C(=O)N2CCC3NCCC3C2)c1.Cl. The van der Waals surface area contributed by atoms with E-state index in [0.717, 1.165) is 41.7 Å². The Labute approximate surface area is 134 Å². The molecule has 1 aromatic rings. The number of hydrogen-bond donors (Lipinski definition) is 1. The first kappa shape index (κ1) is 15.8. The molecule has 110 valence electrons. The van der Waals surface area contributed by atoms with Crippen molar-refractivity contribution in [1.82, 2.24) is 10.2 Å². The Balaban J connectivity index is 0.00000147. The first-order valence-electron chi connectivity index (χ1n) is 6.93. The number of likely N-dealkylation sites (tertiary alicyclic amines) is 1. The summed E-state index contributed by atoms with van der Waals surface area (Å²) in [6.45, 7) is 4.91. The van der Waals surface area contributed by atoms with Crippen LogP contribution in [0.15, 0.2) is 22.7 Å². The average molecular weight is 360 g/mol. The Kier molecular flexibility index (Phi) is 5.10. The Morgan fingerprint density at radius 2 is 2.15 bits per heavy atom. The van der Waals surface area contributed by atoms with Crippen LogP contribution in [0, 0.1) is 12.8 Å². The monoisotopic (exact) mass is 358 g/mol. The van der Waals surface area contributed by atoms with Gasteiger partial charge in [-0.15, -0.1) is 12.4 Å². The van der Waals surface area contributed by atoms with E-state index >= 15 is 0 Å². The second-order valence-corrected chi connectivity index (χ2v) is 6.58. The van der Waals surface area contributed by atoms with Crippen LogP contribution in [0.1, 0.15) is 28.8 Å². The van der Waals surface area contributed by atoms with E-state index in [1.807, 2.05) is 30.0 Å². The Bertz CT molecular complexity index is 488. The van der Waals surface area contributed by atoms with Crippen molar-refractivity contribution < 1.29 is 4.79 Å². The molecule has 1 N–H and O–H groups in total. The zero-order chi connectivity index (χ0) is 13.4. The molecule has 0 bridgehead atoms. The summed E-state index contributed by atoms with van der Waals surface area (Å²) in [7, 11) is 0. The largest absolute Gasteiger partial charge is 0.338 e. The highest BCUT2D eigenvalue weighted by molar-refractivity contribution is 9.10. The van der Waals surface area contributed by atoms with Gasteiger partial charge >= 0.3 is 0 Å². The van der Waals surface area contributed by atoms with Crippen LogP contribution >= 0.6 is 28.3 Å². The van der Waals surface area contributed by atoms with E-state index in [-0.39, 0.29) is 18.3 Å². The number of fused-ring (bicyclic) bond motifs is 1. The number of aryl methyl sites for hydroxylation is 1. The van der Waals surface area contributed by atoms with Crippen LogP contribution in [0.3, 0.4) is 0 Å². The fourth-order valence-electron chi connectivity index (χ4n) is 3.27. The van der Waals surface area contributed by atoms with Gasteiger partial charge in [0.05, 0.1) is 0 Å². The van der Waals surface area contributed by atoms with Crippen molar-refractivity contribution in [2.45, 2.75) is 25.8 Å². The first-order valence-corrected chi connectivity index (χ1v) is 7.72. The van der Waals surface area contributed by atoms with Crippen molar-refractivity contribution in [2.75, 3.05) is 19.6 Å². The molecule has 2 aliphatic heterocycles. The van der Waals surface area contributed by atoms with Crippen molar-refractivity contribution in [2.24, 2.45) is 5.92 Å². The fourth-order valence-corrected chi connectivity index (χ4v) is 3.88. The summed E-state index contributed by atoms with van der Waals surface area (Å²) in [5, 5.41) is 3.53. The lowest BCUT2D eigenvalue weighted by Gasteiger charge is -2.35. The number of hydrogen-bond acceptors (Lipinski definition) is 2. The van der Waals surface area contributed by atoms with Gasteiger partial charge in [0.2, 0.25) is 0 Å². The molecule has 5 heteroatoms. The molecular weight excluding hydrogens is 340 g/mol. The number of carbonyl (C=O) groups excluding carboxylic acids is 1. The summed E-state index contributed by atoms with van der Waals surface area (Å²) in [5.41, 5.74) is 1.92. The smallest absolute Gasteiger partial charge is 0.253 e. The molecule has 0 spiro atoms. The van der Waals surface area contributed by atoms with Gasteiger partial charge in [-0.05, 0) is 56.0 Å². The lowest BCUT2D eigenvalue weighted by molar-refractivity contribution is 0.0662. The van der Waals surface area contributed by atoms with Crippen molar-refractivity contribution in [1.29, 1.82) is 0 Å². The van der Waals surface area contributed by atoms with E-state index < -0.39 is 0 Å². The lowest BCUT2D eigenvalue weighted by atomic mass is 9.93. The molecule has 2 aliphatic rings. The molecule has 0 aromatic heterocycles. The van der Waals surface area contributed by atoms with Crippen LogP contribution in [0.5, 0.6) is 0 Å². The van der Waals surface area contributed by atoms with Crippen LogP contribution < -0.4 is 5.32 Å². The second-order valence-electron chi connectivity index (χ2n) is 5.67. The van der Waals surface area contributed by atoms with Gasteiger partial charge in [-0.2, -0.15) is 0 Å². The zero-order valence-corrected chi connectivity index (χ0v) is 14.0. The third-order valence-electron chi connectivity index (χ3n) is 4.23. The maximum Gasteiger partial charge on any atom is 0.253 e.